The Hall–Kier alpha value is -2.87. The van der Waals surface area contributed by atoms with Crippen LogP contribution in [0, 0.1) is 0 Å². The molecule has 0 unspecified atom stereocenters. The fraction of sp³-hybridized carbons (Fsp3) is 0.300. The molecule has 0 saturated heterocycles. The number of fused-ring (bicyclic) bond motifs is 1. The van der Waals surface area contributed by atoms with Crippen LogP contribution in [0.25, 0.3) is 0 Å². The molecule has 28 heavy (non-hydrogen) atoms. The number of aromatic nitrogens is 3. The molecule has 0 fully saturated rings. The second-order valence-electron chi connectivity index (χ2n) is 6.47. The van der Waals surface area contributed by atoms with Gasteiger partial charge in [-0.15, -0.1) is 0 Å². The molecule has 0 aromatic carbocycles. The third-order valence-corrected chi connectivity index (χ3v) is 5.73. The largest absolute Gasteiger partial charge is 0.463 e. The quantitative estimate of drug-likeness (QED) is 0.359. The zero-order valence-electron chi connectivity index (χ0n) is 15.4. The van der Waals surface area contributed by atoms with Crippen molar-refractivity contribution in [3.63, 3.8) is 0 Å². The summed E-state index contributed by atoms with van der Waals surface area (Å²) in [5, 5.41) is 0.750. The summed E-state index contributed by atoms with van der Waals surface area (Å²) in [7, 11) is 1.31. The number of hydrogen-bond donors (Lipinski definition) is 0. The third-order valence-electron chi connectivity index (χ3n) is 4.69. The zero-order valence-corrected chi connectivity index (χ0v) is 16.2. The molecule has 3 heterocycles. The lowest BCUT2D eigenvalue weighted by atomic mass is 10.2. The number of nitrogens with zero attached hydrogens (tertiary/aromatic N) is 3. The van der Waals surface area contributed by atoms with Crippen molar-refractivity contribution in [2.75, 3.05) is 7.11 Å². The summed E-state index contributed by atoms with van der Waals surface area (Å²) in [6.07, 6.45) is 6.25. The summed E-state index contributed by atoms with van der Waals surface area (Å²) < 4.78 is 11.9. The van der Waals surface area contributed by atoms with Crippen LogP contribution in [-0.2, 0) is 29.9 Å². The molecule has 3 aromatic heterocycles. The van der Waals surface area contributed by atoms with Crippen LogP contribution in [0.2, 0.25) is 0 Å². The monoisotopic (exact) mass is 397 g/mol. The van der Waals surface area contributed by atoms with Gasteiger partial charge in [0.25, 0.3) is 0 Å². The number of ether oxygens (including phenoxy) is 1. The van der Waals surface area contributed by atoms with Gasteiger partial charge in [-0.3, -0.25) is 9.55 Å². The number of carbonyl (C=O) groups is 1. The van der Waals surface area contributed by atoms with Crippen LogP contribution in [0.3, 0.4) is 0 Å². The topological polar surface area (TPSA) is 87.2 Å². The van der Waals surface area contributed by atoms with E-state index in [-0.39, 0.29) is 11.4 Å². The van der Waals surface area contributed by atoms with E-state index in [0.717, 1.165) is 41.1 Å². The highest BCUT2D eigenvalue weighted by Crippen LogP contribution is 2.31. The molecule has 0 radical (unpaired) electrons. The first-order chi connectivity index (χ1) is 13.7. The maximum absolute atomic E-state index is 12.7. The molecule has 4 rings (SSSR count). The van der Waals surface area contributed by atoms with E-state index in [0.29, 0.717) is 18.1 Å². The van der Waals surface area contributed by atoms with Crippen molar-refractivity contribution in [1.82, 2.24) is 14.5 Å². The van der Waals surface area contributed by atoms with Crippen molar-refractivity contribution in [3.8, 4) is 0 Å². The Kier molecular flexibility index (Phi) is 5.29. The molecule has 7 nitrogen and oxygen atoms in total. The Morgan fingerprint density at radius 1 is 1.25 bits per heavy atom. The molecular weight excluding hydrogens is 378 g/mol. The highest BCUT2D eigenvalue weighted by atomic mass is 32.2. The Balaban J connectivity index is 1.56. The van der Waals surface area contributed by atoms with Crippen molar-refractivity contribution in [1.29, 1.82) is 0 Å². The van der Waals surface area contributed by atoms with E-state index in [1.165, 1.54) is 18.9 Å². The summed E-state index contributed by atoms with van der Waals surface area (Å²) >= 11 is 1.46. The van der Waals surface area contributed by atoms with Gasteiger partial charge in [0.05, 0.1) is 19.4 Å². The van der Waals surface area contributed by atoms with Gasteiger partial charge in [-0.25, -0.2) is 9.59 Å². The molecule has 1 aliphatic carbocycles. The smallest absolute Gasteiger partial charge is 0.373 e. The molecule has 0 atom stereocenters. The summed E-state index contributed by atoms with van der Waals surface area (Å²) in [4.78, 5) is 32.5. The number of pyridine rings is 1. The van der Waals surface area contributed by atoms with Gasteiger partial charge in [0.1, 0.15) is 10.8 Å². The first-order valence-electron chi connectivity index (χ1n) is 8.97. The number of esters is 1. The SMILES string of the molecule is COC(=O)c1ccc(CSc2nc(=O)n(Cc3ccncc3)c3c2CCC3)o1. The van der Waals surface area contributed by atoms with Crippen LogP contribution in [-0.4, -0.2) is 27.6 Å². The maximum Gasteiger partial charge on any atom is 0.373 e. The molecule has 0 saturated carbocycles. The minimum atomic E-state index is -0.506. The van der Waals surface area contributed by atoms with E-state index in [1.807, 2.05) is 12.1 Å². The highest BCUT2D eigenvalue weighted by molar-refractivity contribution is 7.98. The molecule has 0 amide bonds. The Bertz CT molecular complexity index is 1060. The second-order valence-corrected chi connectivity index (χ2v) is 7.43. The Labute approximate surface area is 165 Å². The molecule has 1 aliphatic rings. The first kappa shape index (κ1) is 18.5. The van der Waals surface area contributed by atoms with Gasteiger partial charge in [0, 0.05) is 23.7 Å². The number of methoxy groups -OCH3 is 1. The van der Waals surface area contributed by atoms with E-state index < -0.39 is 5.97 Å². The minimum absolute atomic E-state index is 0.170. The van der Waals surface area contributed by atoms with Gasteiger partial charge in [0.15, 0.2) is 0 Å². The van der Waals surface area contributed by atoms with Gasteiger partial charge >= 0.3 is 11.7 Å². The third kappa shape index (κ3) is 3.73. The molecule has 0 spiro atoms. The van der Waals surface area contributed by atoms with Gasteiger partial charge in [0.2, 0.25) is 5.76 Å². The lowest BCUT2D eigenvalue weighted by Crippen LogP contribution is -2.27. The number of hydrogen-bond acceptors (Lipinski definition) is 7. The predicted molar refractivity (Wildman–Crippen MR) is 103 cm³/mol. The zero-order chi connectivity index (χ0) is 19.5. The van der Waals surface area contributed by atoms with Crippen molar-refractivity contribution >= 4 is 17.7 Å². The summed E-state index contributed by atoms with van der Waals surface area (Å²) in [6, 6.07) is 7.15. The normalized spacial score (nSPS) is 12.8. The van der Waals surface area contributed by atoms with Crippen LogP contribution in [0.15, 0.2) is 50.9 Å². The van der Waals surface area contributed by atoms with Crippen LogP contribution >= 0.6 is 11.8 Å². The first-order valence-corrected chi connectivity index (χ1v) is 9.95. The number of rotatable bonds is 6. The van der Waals surface area contributed by atoms with Crippen LogP contribution in [0.5, 0.6) is 0 Å². The van der Waals surface area contributed by atoms with Crippen LogP contribution in [0.1, 0.15) is 39.6 Å². The molecule has 3 aromatic rings. The van der Waals surface area contributed by atoms with Crippen molar-refractivity contribution in [2.45, 2.75) is 36.6 Å². The van der Waals surface area contributed by atoms with Crippen molar-refractivity contribution in [2.24, 2.45) is 0 Å². The maximum atomic E-state index is 12.7. The second kappa shape index (κ2) is 8.02. The fourth-order valence-corrected chi connectivity index (χ4v) is 4.32. The molecule has 0 N–H and O–H groups in total. The van der Waals surface area contributed by atoms with Crippen LogP contribution < -0.4 is 5.69 Å². The van der Waals surface area contributed by atoms with Gasteiger partial charge < -0.3 is 9.15 Å². The average molecular weight is 397 g/mol. The van der Waals surface area contributed by atoms with Gasteiger partial charge in [-0.2, -0.15) is 4.98 Å². The van der Waals surface area contributed by atoms with Crippen molar-refractivity contribution < 1.29 is 13.9 Å². The van der Waals surface area contributed by atoms with Gasteiger partial charge in [-0.05, 0) is 49.1 Å². The highest BCUT2D eigenvalue weighted by Gasteiger charge is 2.22. The standard InChI is InChI=1S/C20H19N3O4S/c1-26-19(24)17-6-5-14(27-17)12-28-18-15-3-2-4-16(15)23(20(25)22-18)11-13-7-9-21-10-8-13/h5-10H,2-4,11-12H2,1H3. The lowest BCUT2D eigenvalue weighted by Gasteiger charge is -2.14. The fourth-order valence-electron chi connectivity index (χ4n) is 3.34. The molecule has 144 valence electrons. The Morgan fingerprint density at radius 3 is 2.86 bits per heavy atom. The van der Waals surface area contributed by atoms with Crippen LogP contribution in [0.4, 0.5) is 0 Å². The molecule has 0 aliphatic heterocycles. The summed E-state index contributed by atoms with van der Waals surface area (Å²) in [5.74, 6) is 0.794. The number of thioether (sulfide) groups is 1. The predicted octanol–water partition coefficient (Wildman–Crippen LogP) is 2.85. The lowest BCUT2D eigenvalue weighted by molar-refractivity contribution is 0.0563. The number of carbonyl (C=O) groups excluding carboxylic acids is 1. The molecular formula is C20H19N3O4S. The van der Waals surface area contributed by atoms with E-state index in [1.54, 1.807) is 29.1 Å². The van der Waals surface area contributed by atoms with E-state index >= 15 is 0 Å². The molecule has 0 bridgehead atoms. The number of furan rings is 1. The van der Waals surface area contributed by atoms with E-state index in [4.69, 9.17) is 4.42 Å². The van der Waals surface area contributed by atoms with E-state index in [9.17, 15) is 9.59 Å². The summed E-state index contributed by atoms with van der Waals surface area (Å²) in [5.41, 5.74) is 2.99. The Morgan fingerprint density at radius 2 is 2.07 bits per heavy atom. The van der Waals surface area contributed by atoms with E-state index in [2.05, 4.69) is 14.7 Å². The summed E-state index contributed by atoms with van der Waals surface area (Å²) in [6.45, 7) is 0.502. The average Bonchev–Trinajstić information content (AvgIpc) is 3.39. The minimum Gasteiger partial charge on any atom is -0.463 e. The van der Waals surface area contributed by atoms with Crippen molar-refractivity contribution in [3.05, 3.63) is 75.5 Å². The molecule has 8 heteroatoms. The van der Waals surface area contributed by atoms with Gasteiger partial charge in [-0.1, -0.05) is 11.8 Å².